The van der Waals surface area contributed by atoms with E-state index in [0.717, 1.165) is 53.8 Å². The van der Waals surface area contributed by atoms with Crippen LogP contribution in [0.15, 0.2) is 36.4 Å². The molecule has 0 bridgehead atoms. The molecule has 9 heteroatoms. The summed E-state index contributed by atoms with van der Waals surface area (Å²) in [6, 6.07) is 10.6. The van der Waals surface area contributed by atoms with Gasteiger partial charge >= 0.3 is 0 Å². The molecule has 6 rings (SSSR count). The maximum absolute atomic E-state index is 14.2. The van der Waals surface area contributed by atoms with Crippen LogP contribution in [-0.4, -0.2) is 41.4 Å². The molecule has 3 heterocycles. The van der Waals surface area contributed by atoms with E-state index in [1.807, 2.05) is 12.1 Å². The summed E-state index contributed by atoms with van der Waals surface area (Å²) in [5.41, 5.74) is 14.9. The van der Waals surface area contributed by atoms with Crippen LogP contribution in [0.4, 0.5) is 10.1 Å². The number of benzene rings is 2. The Hall–Kier alpha value is -3.72. The van der Waals surface area contributed by atoms with Gasteiger partial charge in [-0.2, -0.15) is 0 Å². The van der Waals surface area contributed by atoms with Crippen LogP contribution >= 0.6 is 0 Å². The van der Waals surface area contributed by atoms with Crippen molar-refractivity contribution in [2.75, 3.05) is 18.4 Å². The predicted molar refractivity (Wildman–Crippen MR) is 155 cm³/mol. The Kier molecular flexibility index (Phi) is 7.68. The van der Waals surface area contributed by atoms with E-state index in [0.29, 0.717) is 30.0 Å². The van der Waals surface area contributed by atoms with Gasteiger partial charge in [-0.05, 0) is 60.6 Å². The Labute approximate surface area is 233 Å². The molecule has 2 fully saturated rings. The van der Waals surface area contributed by atoms with E-state index in [2.05, 4.69) is 24.5 Å². The largest absolute Gasteiger partial charge is 0.382 e. The lowest BCUT2D eigenvalue weighted by Crippen LogP contribution is -2.49. The predicted octanol–water partition coefficient (Wildman–Crippen LogP) is 4.59. The fourth-order valence-electron chi connectivity index (χ4n) is 6.08. The third-order valence-corrected chi connectivity index (χ3v) is 8.28. The van der Waals surface area contributed by atoms with Crippen molar-refractivity contribution in [1.29, 1.82) is 0 Å². The van der Waals surface area contributed by atoms with Crippen molar-refractivity contribution in [2.24, 2.45) is 22.8 Å². The van der Waals surface area contributed by atoms with Crippen LogP contribution in [0.2, 0.25) is 0 Å². The molecule has 1 aromatic heterocycles. The van der Waals surface area contributed by atoms with Crippen LogP contribution in [0.3, 0.4) is 0 Å². The lowest BCUT2D eigenvalue weighted by Gasteiger charge is -2.30. The lowest BCUT2D eigenvalue weighted by molar-refractivity contribution is -0.123. The minimum atomic E-state index is -0.470. The number of nitrogens with one attached hydrogen (secondary N) is 2. The standard InChI is InChI=1S/C27H30FN3O2.C4H8N2O/c1-27(2)14-23-25(20-11-9-17(28)13-22(20)31(23)24(32)15-27)16-8-10-19(26(29)33)21(12-16)30-18-6-4-3-5-7-18;5-4(7)3-1-6-2-3/h8-13,18,30H,3-7,14-15H2,1-2H3,(H2,29,33);3,6H,1-2H2,(H2,5,7). The molecule has 1 aliphatic carbocycles. The van der Waals surface area contributed by atoms with Gasteiger partial charge in [0.05, 0.1) is 17.0 Å². The number of carbonyl (C=O) groups excluding carboxylic acids is 3. The van der Waals surface area contributed by atoms with Crippen molar-refractivity contribution in [3.05, 3.63) is 53.5 Å². The SMILES string of the molecule is CC1(C)CC(=O)n2c(c(-c3ccc(C(N)=O)c(NC4CCCCC4)c3)c3ccc(F)cc32)C1.NC(=O)C1CNC1. The van der Waals surface area contributed by atoms with Crippen LogP contribution in [0.5, 0.6) is 0 Å². The monoisotopic (exact) mass is 547 g/mol. The number of carbonyl (C=O) groups is 3. The van der Waals surface area contributed by atoms with Crippen molar-refractivity contribution < 1.29 is 18.8 Å². The van der Waals surface area contributed by atoms with Crippen LogP contribution in [0.1, 0.15) is 73.2 Å². The van der Waals surface area contributed by atoms with E-state index in [1.165, 1.54) is 31.4 Å². The van der Waals surface area contributed by atoms with Gasteiger partial charge in [-0.3, -0.25) is 19.0 Å². The number of aromatic nitrogens is 1. The fourth-order valence-corrected chi connectivity index (χ4v) is 6.08. The molecule has 3 aromatic rings. The number of anilines is 1. The van der Waals surface area contributed by atoms with Gasteiger partial charge in [0, 0.05) is 47.9 Å². The van der Waals surface area contributed by atoms with Crippen molar-refractivity contribution >= 4 is 34.3 Å². The van der Waals surface area contributed by atoms with Gasteiger partial charge < -0.3 is 22.1 Å². The molecule has 212 valence electrons. The summed E-state index contributed by atoms with van der Waals surface area (Å²) in [5, 5.41) is 7.34. The van der Waals surface area contributed by atoms with E-state index in [4.69, 9.17) is 11.5 Å². The highest BCUT2D eigenvalue weighted by Crippen LogP contribution is 2.43. The average molecular weight is 548 g/mol. The third kappa shape index (κ3) is 5.61. The van der Waals surface area contributed by atoms with E-state index >= 15 is 0 Å². The minimum Gasteiger partial charge on any atom is -0.382 e. The van der Waals surface area contributed by atoms with Gasteiger partial charge in [-0.15, -0.1) is 0 Å². The van der Waals surface area contributed by atoms with E-state index in [-0.39, 0.29) is 29.0 Å². The zero-order valence-electron chi connectivity index (χ0n) is 23.2. The lowest BCUT2D eigenvalue weighted by atomic mass is 9.80. The Bertz CT molecular complexity index is 1470. The van der Waals surface area contributed by atoms with Gasteiger partial charge in [0.1, 0.15) is 5.82 Å². The van der Waals surface area contributed by atoms with Crippen LogP contribution in [0.25, 0.3) is 22.0 Å². The number of fused-ring (bicyclic) bond motifs is 3. The number of hydrogen-bond donors (Lipinski definition) is 4. The number of halogens is 1. The zero-order valence-corrected chi connectivity index (χ0v) is 23.2. The van der Waals surface area contributed by atoms with E-state index < -0.39 is 5.91 Å². The Morgan fingerprint density at radius 1 is 1.02 bits per heavy atom. The fraction of sp³-hybridized carbons (Fsp3) is 0.452. The summed E-state index contributed by atoms with van der Waals surface area (Å²) in [6.45, 7) is 5.72. The summed E-state index contributed by atoms with van der Waals surface area (Å²) in [7, 11) is 0. The normalized spacial score (nSPS) is 18.8. The van der Waals surface area contributed by atoms with Crippen LogP contribution in [-0.2, 0) is 11.2 Å². The van der Waals surface area contributed by atoms with Crippen molar-refractivity contribution in [2.45, 2.75) is 64.8 Å². The topological polar surface area (TPSA) is 132 Å². The average Bonchev–Trinajstić information content (AvgIpc) is 3.15. The molecule has 0 spiro atoms. The molecule has 1 saturated carbocycles. The van der Waals surface area contributed by atoms with Gasteiger partial charge in [0.2, 0.25) is 11.8 Å². The molecule has 6 N–H and O–H groups in total. The highest BCUT2D eigenvalue weighted by Gasteiger charge is 2.35. The van der Waals surface area contributed by atoms with Gasteiger partial charge in [-0.25, -0.2) is 4.39 Å². The Morgan fingerprint density at radius 2 is 1.75 bits per heavy atom. The second kappa shape index (κ2) is 11.0. The summed E-state index contributed by atoms with van der Waals surface area (Å²) < 4.78 is 15.9. The Morgan fingerprint density at radius 3 is 2.35 bits per heavy atom. The quantitative estimate of drug-likeness (QED) is 0.371. The summed E-state index contributed by atoms with van der Waals surface area (Å²) >= 11 is 0. The molecular formula is C31H38FN5O3. The molecule has 0 radical (unpaired) electrons. The highest BCUT2D eigenvalue weighted by atomic mass is 19.1. The van der Waals surface area contributed by atoms with Crippen LogP contribution < -0.4 is 22.1 Å². The molecule has 2 aliphatic heterocycles. The number of amides is 2. The maximum Gasteiger partial charge on any atom is 0.250 e. The molecule has 8 nitrogen and oxygen atoms in total. The summed E-state index contributed by atoms with van der Waals surface area (Å²) in [4.78, 5) is 35.4. The Balaban J connectivity index is 0.000000403. The molecule has 1 saturated heterocycles. The van der Waals surface area contributed by atoms with Crippen molar-refractivity contribution in [3.8, 4) is 11.1 Å². The number of nitrogens with zero attached hydrogens (tertiary/aromatic N) is 1. The second-order valence-electron chi connectivity index (χ2n) is 12.1. The molecule has 2 amide bonds. The second-order valence-corrected chi connectivity index (χ2v) is 12.1. The number of hydrogen-bond acceptors (Lipinski definition) is 5. The molecule has 3 aliphatic rings. The van der Waals surface area contributed by atoms with Gasteiger partial charge in [0.25, 0.3) is 5.91 Å². The third-order valence-electron chi connectivity index (χ3n) is 8.28. The van der Waals surface area contributed by atoms with E-state index in [1.54, 1.807) is 16.7 Å². The maximum atomic E-state index is 14.2. The van der Waals surface area contributed by atoms with E-state index in [9.17, 15) is 18.8 Å². The summed E-state index contributed by atoms with van der Waals surface area (Å²) in [5.74, 6) is -0.922. The zero-order chi connectivity index (χ0) is 28.6. The summed E-state index contributed by atoms with van der Waals surface area (Å²) in [6.07, 6.45) is 6.82. The smallest absolute Gasteiger partial charge is 0.250 e. The first-order valence-corrected chi connectivity index (χ1v) is 14.1. The molecule has 2 aromatic carbocycles. The highest BCUT2D eigenvalue weighted by molar-refractivity contribution is 6.06. The van der Waals surface area contributed by atoms with Gasteiger partial charge in [-0.1, -0.05) is 39.2 Å². The minimum absolute atomic E-state index is 0.0163. The number of primary amides is 2. The molecule has 0 unspecified atom stereocenters. The van der Waals surface area contributed by atoms with Crippen molar-refractivity contribution in [1.82, 2.24) is 9.88 Å². The van der Waals surface area contributed by atoms with Crippen LogP contribution in [0, 0.1) is 17.2 Å². The molecule has 0 atom stereocenters. The number of rotatable bonds is 5. The molecular weight excluding hydrogens is 509 g/mol. The first-order valence-electron chi connectivity index (χ1n) is 14.1. The molecule has 40 heavy (non-hydrogen) atoms. The first kappa shape index (κ1) is 27.8. The first-order chi connectivity index (χ1) is 19.0. The van der Waals surface area contributed by atoms with Gasteiger partial charge in [0.15, 0.2) is 0 Å². The number of nitrogens with two attached hydrogens (primary N) is 2. The van der Waals surface area contributed by atoms with Crippen molar-refractivity contribution in [3.63, 3.8) is 0 Å².